The van der Waals surface area contributed by atoms with Gasteiger partial charge in [0.05, 0.1) is 6.26 Å². The lowest BCUT2D eigenvalue weighted by molar-refractivity contribution is 0.0975. The van der Waals surface area contributed by atoms with Crippen LogP contribution in [0, 0.1) is 6.92 Å². The van der Waals surface area contributed by atoms with Gasteiger partial charge in [-0.15, -0.1) is 0 Å². The number of hydrogen-bond donors (Lipinski definition) is 3. The predicted octanol–water partition coefficient (Wildman–Crippen LogP) is 3.97. The Bertz CT molecular complexity index is 949. The van der Waals surface area contributed by atoms with Crippen LogP contribution in [0.25, 0.3) is 0 Å². The number of rotatable bonds is 4. The molecule has 0 aliphatic heterocycles. The van der Waals surface area contributed by atoms with Crippen LogP contribution in [0.2, 0.25) is 0 Å². The first kappa shape index (κ1) is 18.3. The molecule has 1 heterocycles. The van der Waals surface area contributed by atoms with Crippen molar-refractivity contribution in [3.05, 3.63) is 83.8 Å². The van der Waals surface area contributed by atoms with Crippen molar-refractivity contribution in [3.63, 3.8) is 0 Å². The molecule has 2 aromatic carbocycles. The van der Waals surface area contributed by atoms with Gasteiger partial charge >= 0.3 is 0 Å². The van der Waals surface area contributed by atoms with Gasteiger partial charge in [-0.25, -0.2) is 0 Å². The van der Waals surface area contributed by atoms with E-state index in [4.69, 9.17) is 16.6 Å². The fourth-order valence-corrected chi connectivity index (χ4v) is 2.49. The van der Waals surface area contributed by atoms with E-state index in [2.05, 4.69) is 16.0 Å². The van der Waals surface area contributed by atoms with Gasteiger partial charge < -0.3 is 15.1 Å². The monoisotopic (exact) mass is 379 g/mol. The fourth-order valence-electron chi connectivity index (χ4n) is 2.28. The second kappa shape index (κ2) is 8.29. The third kappa shape index (κ3) is 5.02. The van der Waals surface area contributed by atoms with Gasteiger partial charge in [-0.3, -0.25) is 14.9 Å². The molecule has 0 saturated heterocycles. The highest BCUT2D eigenvalue weighted by Gasteiger charge is 2.10. The normalized spacial score (nSPS) is 10.1. The van der Waals surface area contributed by atoms with Crippen LogP contribution in [0.5, 0.6) is 0 Å². The molecule has 3 aromatic rings. The maximum atomic E-state index is 12.1. The second-order valence-corrected chi connectivity index (χ2v) is 6.19. The molecule has 0 radical (unpaired) electrons. The molecule has 2 amide bonds. The minimum atomic E-state index is -0.332. The molecule has 136 valence electrons. The Morgan fingerprint density at radius 3 is 2.07 bits per heavy atom. The Kier molecular flexibility index (Phi) is 5.63. The Morgan fingerprint density at radius 2 is 1.48 bits per heavy atom. The lowest BCUT2D eigenvalue weighted by Gasteiger charge is -2.10. The number of anilines is 2. The number of amides is 2. The summed E-state index contributed by atoms with van der Waals surface area (Å²) >= 11 is 5.17. The summed E-state index contributed by atoms with van der Waals surface area (Å²) in [6.45, 7) is 1.95. The number of thiocarbonyl (C=S) groups is 1. The van der Waals surface area contributed by atoms with E-state index in [0.717, 1.165) is 5.56 Å². The smallest absolute Gasteiger partial charge is 0.291 e. The molecule has 3 rings (SSSR count). The summed E-state index contributed by atoms with van der Waals surface area (Å²) in [7, 11) is 0. The summed E-state index contributed by atoms with van der Waals surface area (Å²) in [6.07, 6.45) is 1.44. The molecule has 0 fully saturated rings. The SMILES string of the molecule is Cc1ccc(C(=O)NC(=S)Nc2ccc(NC(=O)c3ccco3)cc2)cc1. The highest BCUT2D eigenvalue weighted by Crippen LogP contribution is 2.15. The standard InChI is InChI=1S/C20H17N3O3S/c1-13-4-6-14(7-5-13)18(24)23-20(27)22-16-10-8-15(9-11-16)21-19(25)17-3-2-12-26-17/h2-12H,1H3,(H,21,25)(H2,22,23,24,27). The third-order valence-electron chi connectivity index (χ3n) is 3.69. The first-order valence-corrected chi connectivity index (χ1v) is 8.56. The van der Waals surface area contributed by atoms with Crippen molar-refractivity contribution < 1.29 is 14.0 Å². The molecule has 7 heteroatoms. The van der Waals surface area contributed by atoms with Crippen LogP contribution in [0.3, 0.4) is 0 Å². The molecule has 0 spiro atoms. The van der Waals surface area contributed by atoms with Gasteiger partial charge in [0.2, 0.25) is 0 Å². The van der Waals surface area contributed by atoms with Crippen LogP contribution >= 0.6 is 12.2 Å². The fraction of sp³-hybridized carbons (Fsp3) is 0.0500. The average molecular weight is 379 g/mol. The van der Waals surface area contributed by atoms with Crippen molar-refractivity contribution in [2.45, 2.75) is 6.92 Å². The van der Waals surface area contributed by atoms with E-state index < -0.39 is 0 Å². The van der Waals surface area contributed by atoms with Crippen molar-refractivity contribution in [2.24, 2.45) is 0 Å². The number of hydrogen-bond acceptors (Lipinski definition) is 4. The van der Waals surface area contributed by atoms with E-state index >= 15 is 0 Å². The van der Waals surface area contributed by atoms with Gasteiger partial charge in [0.25, 0.3) is 11.8 Å². The highest BCUT2D eigenvalue weighted by molar-refractivity contribution is 7.80. The topological polar surface area (TPSA) is 83.4 Å². The maximum absolute atomic E-state index is 12.1. The lowest BCUT2D eigenvalue weighted by Crippen LogP contribution is -2.34. The van der Waals surface area contributed by atoms with Crippen molar-refractivity contribution in [2.75, 3.05) is 10.6 Å². The van der Waals surface area contributed by atoms with Crippen LogP contribution in [-0.4, -0.2) is 16.9 Å². The summed E-state index contributed by atoms with van der Waals surface area (Å²) in [4.78, 5) is 24.1. The number of aryl methyl sites for hydroxylation is 1. The van der Waals surface area contributed by atoms with Crippen LogP contribution in [0.1, 0.15) is 26.5 Å². The van der Waals surface area contributed by atoms with Crippen LogP contribution in [-0.2, 0) is 0 Å². The minimum absolute atomic E-state index is 0.188. The van der Waals surface area contributed by atoms with Crippen LogP contribution in [0.4, 0.5) is 11.4 Å². The van der Waals surface area contributed by atoms with Gasteiger partial charge in [0, 0.05) is 16.9 Å². The van der Waals surface area contributed by atoms with Gasteiger partial charge in [-0.1, -0.05) is 17.7 Å². The number of carbonyl (C=O) groups excluding carboxylic acids is 2. The van der Waals surface area contributed by atoms with E-state index in [1.165, 1.54) is 6.26 Å². The quantitative estimate of drug-likeness (QED) is 0.598. The Hall–Kier alpha value is -3.45. The molecule has 0 saturated carbocycles. The maximum Gasteiger partial charge on any atom is 0.291 e. The molecule has 0 unspecified atom stereocenters. The van der Waals surface area contributed by atoms with E-state index in [0.29, 0.717) is 16.9 Å². The Morgan fingerprint density at radius 1 is 0.852 bits per heavy atom. The number of furan rings is 1. The van der Waals surface area contributed by atoms with Gasteiger partial charge in [0.15, 0.2) is 10.9 Å². The number of nitrogens with one attached hydrogen (secondary N) is 3. The molecule has 6 nitrogen and oxygen atoms in total. The third-order valence-corrected chi connectivity index (χ3v) is 3.89. The minimum Gasteiger partial charge on any atom is -0.459 e. The van der Waals surface area contributed by atoms with Crippen LogP contribution < -0.4 is 16.0 Å². The van der Waals surface area contributed by atoms with E-state index in [-0.39, 0.29) is 22.7 Å². The molecule has 0 atom stereocenters. The number of carbonyl (C=O) groups is 2. The van der Waals surface area contributed by atoms with Crippen molar-refractivity contribution >= 4 is 40.5 Å². The molecule has 0 aliphatic carbocycles. The molecular formula is C20H17N3O3S. The molecule has 1 aromatic heterocycles. The Labute approximate surface area is 161 Å². The number of benzene rings is 2. The summed E-state index contributed by atoms with van der Waals surface area (Å²) in [6, 6.07) is 17.3. The Balaban J connectivity index is 1.54. The predicted molar refractivity (Wildman–Crippen MR) is 108 cm³/mol. The lowest BCUT2D eigenvalue weighted by atomic mass is 10.1. The largest absolute Gasteiger partial charge is 0.459 e. The highest BCUT2D eigenvalue weighted by atomic mass is 32.1. The van der Waals surface area contributed by atoms with Crippen LogP contribution in [0.15, 0.2) is 71.3 Å². The van der Waals surface area contributed by atoms with Crippen molar-refractivity contribution in [1.82, 2.24) is 5.32 Å². The molecule has 0 bridgehead atoms. The zero-order valence-corrected chi connectivity index (χ0v) is 15.3. The van der Waals surface area contributed by atoms with Crippen molar-refractivity contribution in [3.8, 4) is 0 Å². The second-order valence-electron chi connectivity index (χ2n) is 5.78. The average Bonchev–Trinajstić information content (AvgIpc) is 3.18. The summed E-state index contributed by atoms with van der Waals surface area (Å²) in [5.41, 5.74) is 2.89. The van der Waals surface area contributed by atoms with E-state index in [1.807, 2.05) is 19.1 Å². The molecule has 3 N–H and O–H groups in total. The van der Waals surface area contributed by atoms with Gasteiger partial charge in [-0.05, 0) is 67.7 Å². The summed E-state index contributed by atoms with van der Waals surface area (Å²) in [5, 5.41) is 8.47. The zero-order valence-electron chi connectivity index (χ0n) is 14.5. The van der Waals surface area contributed by atoms with Crippen molar-refractivity contribution in [1.29, 1.82) is 0 Å². The molecular weight excluding hydrogens is 362 g/mol. The van der Waals surface area contributed by atoms with E-state index in [9.17, 15) is 9.59 Å². The summed E-state index contributed by atoms with van der Waals surface area (Å²) in [5.74, 6) is -0.381. The zero-order chi connectivity index (χ0) is 19.2. The first-order chi connectivity index (χ1) is 13.0. The van der Waals surface area contributed by atoms with Gasteiger partial charge in [0.1, 0.15) is 0 Å². The van der Waals surface area contributed by atoms with E-state index in [1.54, 1.807) is 48.5 Å². The molecule has 27 heavy (non-hydrogen) atoms. The van der Waals surface area contributed by atoms with Gasteiger partial charge in [-0.2, -0.15) is 0 Å². The summed E-state index contributed by atoms with van der Waals surface area (Å²) < 4.78 is 5.04. The molecule has 0 aliphatic rings. The first-order valence-electron chi connectivity index (χ1n) is 8.15.